The number of rotatable bonds is 6. The van der Waals surface area contributed by atoms with E-state index >= 15 is 0 Å². The highest BCUT2D eigenvalue weighted by atomic mass is 35.5. The number of hydrogen-bond acceptors (Lipinski definition) is 4. The van der Waals surface area contributed by atoms with Gasteiger partial charge in [-0.1, -0.05) is 30.7 Å². The number of benzene rings is 2. The second-order valence-corrected chi connectivity index (χ2v) is 13.0. The topological polar surface area (TPSA) is 83.9 Å². The van der Waals surface area contributed by atoms with E-state index in [1.54, 1.807) is 6.92 Å². The van der Waals surface area contributed by atoms with Crippen molar-refractivity contribution in [3.8, 4) is 5.75 Å². The minimum atomic E-state index is -4.62. The summed E-state index contributed by atoms with van der Waals surface area (Å²) in [5.41, 5.74) is 0.433. The van der Waals surface area contributed by atoms with Crippen molar-refractivity contribution in [2.45, 2.75) is 68.0 Å². The lowest BCUT2D eigenvalue weighted by Gasteiger charge is -2.44. The SMILES string of the molecule is C[C@H](C(=O)O)C(c1ccc2c(c1)OC1(CC2)CCN(S(=O)(=O)c2ccc(C(F)(F)F)cc2Cl)CC1)C1CC1. The Bertz CT molecular complexity index is 1350. The highest BCUT2D eigenvalue weighted by molar-refractivity contribution is 7.89. The number of hydrogen-bond donors (Lipinski definition) is 1. The molecule has 0 amide bonds. The van der Waals surface area contributed by atoms with Crippen molar-refractivity contribution in [2.24, 2.45) is 11.8 Å². The van der Waals surface area contributed by atoms with E-state index in [4.69, 9.17) is 16.3 Å². The summed E-state index contributed by atoms with van der Waals surface area (Å²) in [5, 5.41) is 9.16. The summed E-state index contributed by atoms with van der Waals surface area (Å²) in [6.45, 7) is 2.04. The van der Waals surface area contributed by atoms with Gasteiger partial charge < -0.3 is 9.84 Å². The van der Waals surface area contributed by atoms with Crippen molar-refractivity contribution >= 4 is 27.6 Å². The number of carboxylic acids is 1. The molecule has 2 aliphatic heterocycles. The van der Waals surface area contributed by atoms with Crippen molar-refractivity contribution < 1.29 is 36.2 Å². The molecule has 2 aromatic rings. The first-order valence-corrected chi connectivity index (χ1v) is 14.5. The number of sulfonamides is 1. The first-order valence-electron chi connectivity index (χ1n) is 12.7. The molecule has 1 N–H and O–H groups in total. The minimum Gasteiger partial charge on any atom is -0.487 e. The van der Waals surface area contributed by atoms with Gasteiger partial charge in [-0.05, 0) is 72.9 Å². The predicted octanol–water partition coefficient (Wildman–Crippen LogP) is 6.12. The number of aryl methyl sites for hydroxylation is 1. The zero-order valence-corrected chi connectivity index (χ0v) is 22.4. The van der Waals surface area contributed by atoms with Crippen LogP contribution in [0.2, 0.25) is 5.02 Å². The van der Waals surface area contributed by atoms with Crippen LogP contribution in [0.1, 0.15) is 61.6 Å². The molecule has 2 aromatic carbocycles. The van der Waals surface area contributed by atoms with E-state index in [1.807, 2.05) is 18.2 Å². The Hall–Kier alpha value is -2.30. The van der Waals surface area contributed by atoms with Gasteiger partial charge in [0, 0.05) is 25.9 Å². The van der Waals surface area contributed by atoms with Gasteiger partial charge in [-0.3, -0.25) is 4.79 Å². The Balaban J connectivity index is 1.32. The summed E-state index contributed by atoms with van der Waals surface area (Å²) < 4.78 is 73.2. The number of fused-ring (bicyclic) bond motifs is 1. The number of alkyl halides is 3. The first kappa shape index (κ1) is 27.3. The van der Waals surface area contributed by atoms with Crippen LogP contribution in [0.25, 0.3) is 0 Å². The van der Waals surface area contributed by atoms with Gasteiger partial charge in [0.05, 0.1) is 16.5 Å². The van der Waals surface area contributed by atoms with E-state index in [2.05, 4.69) is 0 Å². The van der Waals surface area contributed by atoms with E-state index in [-0.39, 0.29) is 23.9 Å². The third kappa shape index (κ3) is 5.14. The zero-order valence-electron chi connectivity index (χ0n) is 20.8. The first-order chi connectivity index (χ1) is 17.8. The molecular formula is C27H29ClF3NO5S. The van der Waals surface area contributed by atoms with Crippen LogP contribution in [0.15, 0.2) is 41.3 Å². The average Bonchev–Trinajstić information content (AvgIpc) is 3.68. The molecule has 1 saturated heterocycles. The zero-order chi connectivity index (χ0) is 27.5. The fraction of sp³-hybridized carbons (Fsp3) is 0.519. The van der Waals surface area contributed by atoms with E-state index in [0.717, 1.165) is 48.3 Å². The van der Waals surface area contributed by atoms with Crippen molar-refractivity contribution in [3.05, 3.63) is 58.1 Å². The van der Waals surface area contributed by atoms with Gasteiger partial charge in [-0.15, -0.1) is 0 Å². The molecule has 2 atom stereocenters. The number of piperidine rings is 1. The molecule has 1 spiro atoms. The van der Waals surface area contributed by atoms with Crippen LogP contribution in [0, 0.1) is 11.8 Å². The smallest absolute Gasteiger partial charge is 0.416 e. The third-order valence-corrected chi connectivity index (χ3v) is 10.6. The van der Waals surface area contributed by atoms with Crippen LogP contribution in [0.4, 0.5) is 13.2 Å². The second-order valence-electron chi connectivity index (χ2n) is 10.7. The molecule has 206 valence electrons. The van der Waals surface area contributed by atoms with Gasteiger partial charge in [0.15, 0.2) is 0 Å². The molecule has 2 heterocycles. The number of carboxylic acid groups (broad SMARTS) is 1. The standard InChI is InChI=1S/C27H29ClF3NO5S/c1-16(25(33)34)24(18-3-4-18)19-5-2-17-8-9-26(37-22(17)14-19)10-12-32(13-11-26)38(35,36)23-7-6-20(15-21(23)28)27(29,30)31/h2,5-7,14-16,18,24H,3-4,8-13H2,1H3,(H,33,34)/t16-,24?/m0/s1. The van der Waals surface area contributed by atoms with Crippen molar-refractivity contribution in [3.63, 3.8) is 0 Å². The third-order valence-electron chi connectivity index (χ3n) is 8.22. The van der Waals surface area contributed by atoms with Crippen LogP contribution in [0.5, 0.6) is 5.75 Å². The molecule has 1 unspecified atom stereocenters. The maximum absolute atomic E-state index is 13.2. The van der Waals surface area contributed by atoms with Crippen LogP contribution >= 0.6 is 11.6 Å². The summed E-state index contributed by atoms with van der Waals surface area (Å²) in [7, 11) is -4.09. The van der Waals surface area contributed by atoms with Gasteiger partial charge in [0.2, 0.25) is 10.0 Å². The van der Waals surface area contributed by atoms with Gasteiger partial charge in [-0.2, -0.15) is 17.5 Å². The number of ether oxygens (including phenoxy) is 1. The number of nitrogens with zero attached hydrogens (tertiary/aromatic N) is 1. The molecule has 5 rings (SSSR count). The van der Waals surface area contributed by atoms with Crippen LogP contribution in [-0.4, -0.2) is 42.5 Å². The Labute approximate surface area is 224 Å². The summed E-state index contributed by atoms with van der Waals surface area (Å²) in [5.74, 6) is -0.344. The highest BCUT2D eigenvalue weighted by Crippen LogP contribution is 2.49. The Kier molecular flexibility index (Phi) is 6.97. The largest absolute Gasteiger partial charge is 0.487 e. The molecule has 1 saturated carbocycles. The normalized spacial score (nSPS) is 21.4. The second kappa shape index (κ2) is 9.71. The summed E-state index contributed by atoms with van der Waals surface area (Å²) >= 11 is 5.98. The van der Waals surface area contributed by atoms with Gasteiger partial charge in [-0.25, -0.2) is 8.42 Å². The molecule has 3 aliphatic rings. The maximum atomic E-state index is 13.2. The fourth-order valence-corrected chi connectivity index (χ4v) is 7.78. The molecule has 0 radical (unpaired) electrons. The van der Waals surface area contributed by atoms with E-state index in [0.29, 0.717) is 31.2 Å². The highest BCUT2D eigenvalue weighted by Gasteiger charge is 2.44. The van der Waals surface area contributed by atoms with Gasteiger partial charge in [0.1, 0.15) is 16.2 Å². The Morgan fingerprint density at radius 2 is 1.82 bits per heavy atom. The summed E-state index contributed by atoms with van der Waals surface area (Å²) in [6, 6.07) is 8.25. The number of aliphatic carboxylic acids is 1. The summed E-state index contributed by atoms with van der Waals surface area (Å²) in [4.78, 5) is 11.4. The molecule has 38 heavy (non-hydrogen) atoms. The van der Waals surface area contributed by atoms with E-state index < -0.39 is 44.3 Å². The Morgan fingerprint density at radius 3 is 2.39 bits per heavy atom. The van der Waals surface area contributed by atoms with Crippen molar-refractivity contribution in [1.29, 1.82) is 0 Å². The quantitative estimate of drug-likeness (QED) is 0.451. The maximum Gasteiger partial charge on any atom is 0.416 e. The Morgan fingerprint density at radius 1 is 1.13 bits per heavy atom. The lowest BCUT2D eigenvalue weighted by Crippen LogP contribution is -2.51. The van der Waals surface area contributed by atoms with Crippen LogP contribution in [0.3, 0.4) is 0 Å². The van der Waals surface area contributed by atoms with Crippen molar-refractivity contribution in [1.82, 2.24) is 4.31 Å². The van der Waals surface area contributed by atoms with Crippen molar-refractivity contribution in [2.75, 3.05) is 13.1 Å². The average molecular weight is 572 g/mol. The van der Waals surface area contributed by atoms with Crippen LogP contribution < -0.4 is 4.74 Å². The lowest BCUT2D eigenvalue weighted by atomic mass is 9.80. The molecule has 11 heteroatoms. The lowest BCUT2D eigenvalue weighted by molar-refractivity contribution is -0.142. The molecule has 0 bridgehead atoms. The molecule has 0 aromatic heterocycles. The van der Waals surface area contributed by atoms with Gasteiger partial charge >= 0.3 is 12.1 Å². The molecule has 1 aliphatic carbocycles. The molecule has 2 fully saturated rings. The predicted molar refractivity (Wildman–Crippen MR) is 135 cm³/mol. The number of carbonyl (C=O) groups is 1. The molecule has 6 nitrogen and oxygen atoms in total. The van der Waals surface area contributed by atoms with E-state index in [1.165, 1.54) is 4.31 Å². The minimum absolute atomic E-state index is 0.0836. The summed E-state index contributed by atoms with van der Waals surface area (Å²) in [6.07, 6.45) is -0.282. The van der Waals surface area contributed by atoms with E-state index in [9.17, 15) is 31.5 Å². The fourth-order valence-electron chi connectivity index (χ4n) is 5.82. The molecular weight excluding hydrogens is 543 g/mol. The monoisotopic (exact) mass is 571 g/mol. The van der Waals surface area contributed by atoms with Gasteiger partial charge in [0.25, 0.3) is 0 Å². The van der Waals surface area contributed by atoms with Crippen LogP contribution in [-0.2, 0) is 27.4 Å². The number of halogens is 4.